The summed E-state index contributed by atoms with van der Waals surface area (Å²) in [6.45, 7) is -0.256. The van der Waals surface area contributed by atoms with Crippen molar-refractivity contribution in [3.63, 3.8) is 0 Å². The fraction of sp³-hybridized carbons (Fsp3) is 0.333. The number of ether oxygens (including phenoxy) is 1. The number of aliphatic hydroxyl groups is 2. The molecule has 28 heavy (non-hydrogen) atoms. The predicted octanol–water partition coefficient (Wildman–Crippen LogP) is 0.815. The first-order valence-electron chi connectivity index (χ1n) is 8.75. The van der Waals surface area contributed by atoms with Crippen molar-refractivity contribution in [3.8, 4) is 0 Å². The van der Waals surface area contributed by atoms with Gasteiger partial charge in [-0.3, -0.25) is 9.36 Å². The Morgan fingerprint density at radius 3 is 2.89 bits per heavy atom. The van der Waals surface area contributed by atoms with Gasteiger partial charge in [0.2, 0.25) is 0 Å². The van der Waals surface area contributed by atoms with Crippen molar-refractivity contribution in [1.82, 2.24) is 19.5 Å². The molecule has 3 aromatic rings. The smallest absolute Gasteiger partial charge is 0.256 e. The van der Waals surface area contributed by atoms with Crippen LogP contribution in [0.5, 0.6) is 0 Å². The van der Waals surface area contributed by atoms with Crippen LogP contribution in [0.4, 0.5) is 5.82 Å². The fourth-order valence-corrected chi connectivity index (χ4v) is 5.24. The van der Waals surface area contributed by atoms with E-state index in [-0.39, 0.29) is 17.8 Å². The first-order valence-corrected chi connectivity index (χ1v) is 9.80. The molecule has 2 aliphatic heterocycles. The summed E-state index contributed by atoms with van der Waals surface area (Å²) in [7, 11) is 0. The maximum atomic E-state index is 12.5. The molecule has 4 atom stereocenters. The molecule has 10 heteroatoms. The van der Waals surface area contributed by atoms with Gasteiger partial charge in [-0.1, -0.05) is 18.2 Å². The van der Waals surface area contributed by atoms with Crippen LogP contribution in [0.1, 0.15) is 16.6 Å². The largest absolute Gasteiger partial charge is 0.393 e. The number of imidazole rings is 1. The molecule has 1 amide bonds. The van der Waals surface area contributed by atoms with Crippen LogP contribution in [0.25, 0.3) is 11.2 Å². The van der Waals surface area contributed by atoms with Crippen LogP contribution in [0, 0.1) is 0 Å². The summed E-state index contributed by atoms with van der Waals surface area (Å²) in [5.74, 6) is 0.536. The molecule has 0 unspecified atom stereocenters. The third-order valence-corrected chi connectivity index (χ3v) is 6.71. The Bertz CT molecular complexity index is 1040. The molecule has 2 aliphatic rings. The number of amides is 1. The Balaban J connectivity index is 1.48. The Morgan fingerprint density at radius 1 is 1.32 bits per heavy atom. The average molecular weight is 399 g/mol. The lowest BCUT2D eigenvalue weighted by Crippen LogP contribution is -2.43. The zero-order valence-electron chi connectivity index (χ0n) is 14.6. The van der Waals surface area contributed by atoms with Crippen molar-refractivity contribution >= 4 is 34.7 Å². The van der Waals surface area contributed by atoms with Crippen molar-refractivity contribution in [2.45, 2.75) is 23.2 Å². The van der Waals surface area contributed by atoms with Gasteiger partial charge in [0.15, 0.2) is 23.2 Å². The molecule has 2 aromatic heterocycles. The summed E-state index contributed by atoms with van der Waals surface area (Å²) in [4.78, 5) is 25.2. The number of aliphatic hydroxyl groups excluding tert-OH is 2. The van der Waals surface area contributed by atoms with E-state index in [1.165, 1.54) is 6.33 Å². The maximum absolute atomic E-state index is 12.5. The van der Waals surface area contributed by atoms with Crippen molar-refractivity contribution in [1.29, 1.82) is 0 Å². The minimum absolute atomic E-state index is 0.234. The molecule has 144 valence electrons. The van der Waals surface area contributed by atoms with Gasteiger partial charge in [-0.15, -0.1) is 11.8 Å². The minimum Gasteiger partial charge on any atom is -0.393 e. The number of hydrogen-bond acceptors (Lipinski definition) is 8. The van der Waals surface area contributed by atoms with Gasteiger partial charge in [0.1, 0.15) is 18.0 Å². The number of hydrogen-bond donors (Lipinski definition) is 3. The fourth-order valence-electron chi connectivity index (χ4n) is 3.65. The molecule has 9 nitrogen and oxygen atoms in total. The van der Waals surface area contributed by atoms with Crippen LogP contribution in [-0.2, 0) is 4.74 Å². The van der Waals surface area contributed by atoms with E-state index in [4.69, 9.17) is 4.74 Å². The van der Waals surface area contributed by atoms with Crippen LogP contribution in [0.3, 0.4) is 0 Å². The van der Waals surface area contributed by atoms with Gasteiger partial charge in [0.25, 0.3) is 5.91 Å². The molecule has 5 rings (SSSR count). The second kappa shape index (κ2) is 6.52. The van der Waals surface area contributed by atoms with Crippen LogP contribution in [-0.4, -0.2) is 65.0 Å². The van der Waals surface area contributed by atoms with Crippen LogP contribution < -0.4 is 5.32 Å². The number of nitrogens with one attached hydrogen (secondary N) is 1. The minimum atomic E-state index is -0.964. The van der Waals surface area contributed by atoms with Gasteiger partial charge < -0.3 is 20.3 Å². The lowest BCUT2D eigenvalue weighted by Gasteiger charge is -2.29. The van der Waals surface area contributed by atoms with Crippen molar-refractivity contribution in [2.75, 3.05) is 17.7 Å². The Morgan fingerprint density at radius 2 is 2.14 bits per heavy atom. The molecule has 2 fully saturated rings. The van der Waals surface area contributed by atoms with Gasteiger partial charge in [-0.2, -0.15) is 0 Å². The van der Waals surface area contributed by atoms with Crippen molar-refractivity contribution < 1.29 is 19.7 Å². The molecule has 3 N–H and O–H groups in total. The summed E-state index contributed by atoms with van der Waals surface area (Å²) < 4.78 is 7.72. The lowest BCUT2D eigenvalue weighted by molar-refractivity contribution is -0.112. The van der Waals surface area contributed by atoms with Gasteiger partial charge in [0, 0.05) is 11.3 Å². The zero-order valence-corrected chi connectivity index (χ0v) is 15.4. The average Bonchev–Trinajstić information content (AvgIpc) is 3.39. The highest BCUT2D eigenvalue weighted by atomic mass is 32.2. The number of nitrogens with zero attached hydrogens (tertiary/aromatic N) is 4. The summed E-state index contributed by atoms with van der Waals surface area (Å²) in [6, 6.07) is 8.82. The second-order valence-electron chi connectivity index (χ2n) is 6.82. The number of carbonyl (C=O) groups is 1. The molecule has 0 radical (unpaired) electrons. The van der Waals surface area contributed by atoms with E-state index < -0.39 is 17.9 Å². The summed E-state index contributed by atoms with van der Waals surface area (Å²) >= 11 is 1.55. The molecular weight excluding hydrogens is 382 g/mol. The topological polar surface area (TPSA) is 122 Å². The highest BCUT2D eigenvalue weighted by Gasteiger charge is 2.60. The molecule has 0 saturated carbocycles. The summed E-state index contributed by atoms with van der Waals surface area (Å²) in [5.41, 5.74) is 0.454. The predicted molar refractivity (Wildman–Crippen MR) is 102 cm³/mol. The van der Waals surface area contributed by atoms with E-state index in [1.807, 2.05) is 6.07 Å². The number of rotatable bonds is 4. The van der Waals surface area contributed by atoms with E-state index >= 15 is 0 Å². The standard InChI is InChI=1S/C18H17N5O4S/c24-6-18-7-28-12(13(18)25)17(27-18)23-9-21-11-14(19-8-20-15(11)23)22-16(26)10-4-2-1-3-5-10/h1-5,8-9,12-13,17,24-25H,6-7H2,(H,19,20,22,26)/t12-,13+,17+,18+/m0/s1. The Hall–Kier alpha value is -2.53. The normalized spacial score (nSPS) is 28.7. The molecule has 2 bridgehead atoms. The summed E-state index contributed by atoms with van der Waals surface area (Å²) in [5, 5.41) is 22.7. The third-order valence-electron chi connectivity index (χ3n) is 5.18. The van der Waals surface area contributed by atoms with Crippen LogP contribution in [0.2, 0.25) is 0 Å². The first-order chi connectivity index (χ1) is 13.6. The van der Waals surface area contributed by atoms with Gasteiger partial charge in [-0.25, -0.2) is 15.0 Å². The number of aromatic nitrogens is 4. The van der Waals surface area contributed by atoms with Gasteiger partial charge >= 0.3 is 0 Å². The third kappa shape index (κ3) is 2.53. The Labute approximate surface area is 163 Å². The molecule has 0 spiro atoms. The first kappa shape index (κ1) is 17.6. The monoisotopic (exact) mass is 399 g/mol. The number of anilines is 1. The van der Waals surface area contributed by atoms with E-state index in [2.05, 4.69) is 20.3 Å². The van der Waals surface area contributed by atoms with Crippen LogP contribution >= 0.6 is 11.8 Å². The van der Waals surface area contributed by atoms with E-state index in [0.29, 0.717) is 28.3 Å². The summed E-state index contributed by atoms with van der Waals surface area (Å²) in [6.07, 6.45) is 1.61. The second-order valence-corrected chi connectivity index (χ2v) is 7.98. The SMILES string of the molecule is O=C(Nc1ncnc2c1ncn2[C@@H]1O[C@]2(CO)CS[C@H]1[C@H]2O)c1ccccc1. The molecule has 2 saturated heterocycles. The molecule has 4 heterocycles. The quantitative estimate of drug-likeness (QED) is 0.589. The number of thioether (sulfide) groups is 1. The molecule has 0 aliphatic carbocycles. The van der Waals surface area contributed by atoms with E-state index in [0.717, 1.165) is 0 Å². The lowest BCUT2D eigenvalue weighted by atomic mass is 10.0. The van der Waals surface area contributed by atoms with Gasteiger partial charge in [-0.05, 0) is 12.1 Å². The molecule has 1 aromatic carbocycles. The molecular formula is C18H17N5O4S. The van der Waals surface area contributed by atoms with Crippen molar-refractivity contribution in [3.05, 3.63) is 48.5 Å². The Kier molecular flexibility index (Phi) is 4.09. The number of carbonyl (C=O) groups excluding carboxylic acids is 1. The zero-order chi connectivity index (χ0) is 19.3. The highest BCUT2D eigenvalue weighted by Crippen LogP contribution is 2.52. The highest BCUT2D eigenvalue weighted by molar-refractivity contribution is 8.00. The van der Waals surface area contributed by atoms with Crippen molar-refractivity contribution in [2.24, 2.45) is 0 Å². The number of fused-ring (bicyclic) bond motifs is 3. The van der Waals surface area contributed by atoms with Crippen LogP contribution in [0.15, 0.2) is 43.0 Å². The van der Waals surface area contributed by atoms with E-state index in [1.54, 1.807) is 46.9 Å². The van der Waals surface area contributed by atoms with E-state index in [9.17, 15) is 15.0 Å². The number of benzene rings is 1. The van der Waals surface area contributed by atoms with Gasteiger partial charge in [0.05, 0.1) is 18.2 Å². The maximum Gasteiger partial charge on any atom is 0.256 e.